The molecule has 0 atom stereocenters. The molecule has 0 aliphatic heterocycles. The lowest BCUT2D eigenvalue weighted by Gasteiger charge is -2.22. The van der Waals surface area contributed by atoms with Crippen LogP contribution >= 0.6 is 15.9 Å². The van der Waals surface area contributed by atoms with Crippen molar-refractivity contribution in [3.05, 3.63) is 107 Å². The Morgan fingerprint density at radius 3 is 1.91 bits per heavy atom. The van der Waals surface area contributed by atoms with Crippen molar-refractivity contribution in [3.63, 3.8) is 0 Å². The molecule has 2 aliphatic carbocycles. The Balaban J connectivity index is 1.47. The van der Waals surface area contributed by atoms with Gasteiger partial charge in [0.1, 0.15) is 0 Å². The van der Waals surface area contributed by atoms with E-state index in [-0.39, 0.29) is 5.41 Å². The Kier molecular flexibility index (Phi) is 3.57. The van der Waals surface area contributed by atoms with Crippen LogP contribution in [0.5, 0.6) is 0 Å². The summed E-state index contributed by atoms with van der Waals surface area (Å²) in [7, 11) is 0. The Morgan fingerprint density at radius 1 is 0.531 bits per heavy atom. The lowest BCUT2D eigenvalue weighted by atomic mass is 9.81. The van der Waals surface area contributed by atoms with Crippen molar-refractivity contribution in [2.75, 3.05) is 0 Å². The van der Waals surface area contributed by atoms with E-state index in [4.69, 9.17) is 0 Å². The highest BCUT2D eigenvalue weighted by Crippen LogP contribution is 2.52. The molecule has 0 aromatic heterocycles. The first-order valence-corrected chi connectivity index (χ1v) is 11.9. The molecule has 0 unspecified atom stereocenters. The summed E-state index contributed by atoms with van der Waals surface area (Å²) in [4.78, 5) is 0. The molecule has 0 radical (unpaired) electrons. The topological polar surface area (TPSA) is 0 Å². The molecule has 0 bridgehead atoms. The monoisotopic (exact) mass is 472 g/mol. The van der Waals surface area contributed by atoms with Crippen molar-refractivity contribution in [1.82, 2.24) is 0 Å². The van der Waals surface area contributed by atoms with E-state index in [0.717, 1.165) is 4.47 Å². The van der Waals surface area contributed by atoms with Crippen molar-refractivity contribution in [2.45, 2.75) is 19.3 Å². The molecule has 5 aromatic carbocycles. The SMILES string of the molecule is CC1(C)c2cc(Br)ccc2-c2ccc(-c3ccc4c5c(cccc35)-c3ccccc3-4)cc21. The Hall–Kier alpha value is -3.16. The molecule has 0 fully saturated rings. The number of hydrogen-bond acceptors (Lipinski definition) is 0. The van der Waals surface area contributed by atoms with E-state index in [2.05, 4.69) is 121 Å². The fraction of sp³-hybridized carbons (Fsp3) is 0.0968. The van der Waals surface area contributed by atoms with E-state index in [1.165, 1.54) is 66.4 Å². The molecule has 7 rings (SSSR count). The number of halogens is 1. The van der Waals surface area contributed by atoms with Gasteiger partial charge in [-0.1, -0.05) is 103 Å². The minimum atomic E-state index is -0.0183. The smallest absolute Gasteiger partial charge is 0.0178 e. The second kappa shape index (κ2) is 6.21. The quantitative estimate of drug-likeness (QED) is 0.223. The molecular formula is C31H21Br. The third-order valence-corrected chi connectivity index (χ3v) is 7.99. The van der Waals surface area contributed by atoms with Gasteiger partial charge in [0.15, 0.2) is 0 Å². The Bertz CT molecular complexity index is 1570. The Morgan fingerprint density at radius 2 is 1.12 bits per heavy atom. The van der Waals surface area contributed by atoms with Gasteiger partial charge in [-0.2, -0.15) is 0 Å². The highest BCUT2D eigenvalue weighted by Gasteiger charge is 2.35. The van der Waals surface area contributed by atoms with Gasteiger partial charge >= 0.3 is 0 Å². The van der Waals surface area contributed by atoms with Gasteiger partial charge in [0.05, 0.1) is 0 Å². The van der Waals surface area contributed by atoms with Crippen LogP contribution < -0.4 is 0 Å². The van der Waals surface area contributed by atoms with Gasteiger partial charge in [0, 0.05) is 9.89 Å². The summed E-state index contributed by atoms with van der Waals surface area (Å²) in [6.07, 6.45) is 0. The Labute approximate surface area is 196 Å². The van der Waals surface area contributed by atoms with E-state index < -0.39 is 0 Å². The highest BCUT2D eigenvalue weighted by atomic mass is 79.9. The van der Waals surface area contributed by atoms with Gasteiger partial charge in [0.25, 0.3) is 0 Å². The van der Waals surface area contributed by atoms with Gasteiger partial charge in [-0.15, -0.1) is 0 Å². The van der Waals surface area contributed by atoms with Gasteiger partial charge in [-0.3, -0.25) is 0 Å². The molecule has 0 nitrogen and oxygen atoms in total. The normalized spacial score (nSPS) is 14.3. The summed E-state index contributed by atoms with van der Waals surface area (Å²) in [5, 5.41) is 2.73. The van der Waals surface area contributed by atoms with Crippen LogP contribution in [0.3, 0.4) is 0 Å². The second-order valence-corrected chi connectivity index (χ2v) is 10.4. The van der Waals surface area contributed by atoms with Crippen LogP contribution in [0.15, 0.2) is 95.5 Å². The van der Waals surface area contributed by atoms with Crippen LogP contribution in [-0.2, 0) is 5.41 Å². The van der Waals surface area contributed by atoms with Crippen molar-refractivity contribution in [2.24, 2.45) is 0 Å². The summed E-state index contributed by atoms with van der Waals surface area (Å²) in [5.74, 6) is 0. The second-order valence-electron chi connectivity index (χ2n) is 9.51. The maximum Gasteiger partial charge on any atom is 0.0178 e. The van der Waals surface area contributed by atoms with E-state index >= 15 is 0 Å². The maximum absolute atomic E-state index is 3.67. The summed E-state index contributed by atoms with van der Waals surface area (Å²) in [6, 6.07) is 33.9. The van der Waals surface area contributed by atoms with E-state index in [1.54, 1.807) is 0 Å². The van der Waals surface area contributed by atoms with E-state index in [1.807, 2.05) is 0 Å². The molecule has 32 heavy (non-hydrogen) atoms. The molecule has 152 valence electrons. The van der Waals surface area contributed by atoms with Crippen LogP contribution in [0.2, 0.25) is 0 Å². The fourth-order valence-corrected chi connectivity index (χ4v) is 6.30. The van der Waals surface area contributed by atoms with Crippen molar-refractivity contribution < 1.29 is 0 Å². The number of rotatable bonds is 1. The lowest BCUT2D eigenvalue weighted by molar-refractivity contribution is 0.660. The summed E-state index contributed by atoms with van der Waals surface area (Å²) in [5.41, 5.74) is 13.5. The lowest BCUT2D eigenvalue weighted by Crippen LogP contribution is -2.15. The molecule has 0 spiro atoms. The molecule has 1 heteroatoms. The van der Waals surface area contributed by atoms with Gasteiger partial charge in [0.2, 0.25) is 0 Å². The molecule has 0 saturated carbocycles. The molecule has 5 aromatic rings. The zero-order valence-electron chi connectivity index (χ0n) is 18.0. The molecule has 0 amide bonds. The van der Waals surface area contributed by atoms with Gasteiger partial charge < -0.3 is 0 Å². The van der Waals surface area contributed by atoms with Crippen molar-refractivity contribution in [3.8, 4) is 44.5 Å². The predicted molar refractivity (Wildman–Crippen MR) is 139 cm³/mol. The molecule has 0 saturated heterocycles. The van der Waals surface area contributed by atoms with E-state index in [9.17, 15) is 0 Å². The number of benzene rings is 5. The average Bonchev–Trinajstić information content (AvgIpc) is 3.25. The zero-order valence-corrected chi connectivity index (χ0v) is 19.6. The van der Waals surface area contributed by atoms with Crippen LogP contribution in [0.1, 0.15) is 25.0 Å². The molecule has 0 N–H and O–H groups in total. The van der Waals surface area contributed by atoms with Crippen LogP contribution in [0.25, 0.3) is 55.3 Å². The molecule has 2 aliphatic rings. The summed E-state index contributed by atoms with van der Waals surface area (Å²) in [6.45, 7) is 4.69. The molecule has 0 heterocycles. The van der Waals surface area contributed by atoms with Gasteiger partial charge in [-0.25, -0.2) is 0 Å². The first-order chi connectivity index (χ1) is 15.5. The summed E-state index contributed by atoms with van der Waals surface area (Å²) < 4.78 is 1.14. The van der Waals surface area contributed by atoms with Crippen LogP contribution in [0.4, 0.5) is 0 Å². The summed E-state index contributed by atoms with van der Waals surface area (Å²) >= 11 is 3.67. The minimum absolute atomic E-state index is 0.0183. The highest BCUT2D eigenvalue weighted by molar-refractivity contribution is 9.10. The maximum atomic E-state index is 3.67. The van der Waals surface area contributed by atoms with Crippen molar-refractivity contribution in [1.29, 1.82) is 0 Å². The average molecular weight is 473 g/mol. The first kappa shape index (κ1) is 18.4. The largest absolute Gasteiger partial charge is 0.0616 e. The zero-order chi connectivity index (χ0) is 21.6. The molecular weight excluding hydrogens is 452 g/mol. The van der Waals surface area contributed by atoms with Crippen LogP contribution in [0, 0.1) is 0 Å². The predicted octanol–water partition coefficient (Wildman–Crippen LogP) is 9.22. The first-order valence-electron chi connectivity index (χ1n) is 11.1. The standard InChI is InChI=1S/C31H21Br/c1-31(2)28-16-18(10-12-23(28)24-13-11-19(32)17-29(24)31)20-14-15-27-22-7-4-3-6-21(22)26-9-5-8-25(20)30(26)27/h3-17H,1-2H3. The van der Waals surface area contributed by atoms with Crippen molar-refractivity contribution >= 4 is 26.7 Å². The van der Waals surface area contributed by atoms with E-state index in [0.29, 0.717) is 0 Å². The third kappa shape index (κ3) is 2.27. The third-order valence-electron chi connectivity index (χ3n) is 7.50. The minimum Gasteiger partial charge on any atom is -0.0616 e. The number of hydrogen-bond donors (Lipinski definition) is 0. The van der Waals surface area contributed by atoms with Crippen LogP contribution in [-0.4, -0.2) is 0 Å². The van der Waals surface area contributed by atoms with Gasteiger partial charge in [-0.05, 0) is 84.6 Å². The fourth-order valence-electron chi connectivity index (χ4n) is 5.94. The number of fused-ring (bicyclic) bond motifs is 6.